The Balaban J connectivity index is 5.10. The van der Waals surface area contributed by atoms with E-state index in [1.54, 1.807) is 0 Å². The molecule has 0 bridgehead atoms. The van der Waals surface area contributed by atoms with E-state index in [-0.39, 0.29) is 25.1 Å². The molecule has 0 aliphatic carbocycles. The van der Waals surface area contributed by atoms with Gasteiger partial charge in [-0.1, -0.05) is 282 Å². The standard InChI is InChI=1S/C65H125N2O7P/c1-7-10-13-16-19-22-25-28-30-31-32-33-34-35-36-37-38-40-43-46-49-52-55-58-65(69)74-63(56-53-50-47-44-41-27-24-21-18-15-12-9-3)62(61-73-75(70,71)72-60-59-67(4,5)6)66-64(68)57-54-51-48-45-42-39-29-26-23-20-17-14-11-8-2/h11,14,20,23,53,56,62-63H,7-10,12-13,15-19,21-22,24-52,54-55,57-61H2,1-6H3,(H-,66,68,70,71)/p+1/b14-11+,23-20+,56-53-. The maximum absolute atomic E-state index is 13.5. The van der Waals surface area contributed by atoms with Gasteiger partial charge in [0.05, 0.1) is 33.8 Å². The van der Waals surface area contributed by atoms with Crippen molar-refractivity contribution in [2.24, 2.45) is 0 Å². The first kappa shape index (κ1) is 73.2. The Morgan fingerprint density at radius 3 is 1.27 bits per heavy atom. The average molecular weight is 1080 g/mol. The van der Waals surface area contributed by atoms with E-state index in [4.69, 9.17) is 13.8 Å². The predicted octanol–water partition coefficient (Wildman–Crippen LogP) is 19.9. The van der Waals surface area contributed by atoms with E-state index in [0.29, 0.717) is 23.9 Å². The molecule has 10 heteroatoms. The van der Waals surface area contributed by atoms with Gasteiger partial charge < -0.3 is 19.4 Å². The lowest BCUT2D eigenvalue weighted by Gasteiger charge is -2.27. The van der Waals surface area contributed by atoms with Gasteiger partial charge in [0.1, 0.15) is 19.3 Å². The van der Waals surface area contributed by atoms with Crippen LogP contribution >= 0.6 is 7.82 Å². The van der Waals surface area contributed by atoms with Gasteiger partial charge in [-0.15, -0.1) is 0 Å². The van der Waals surface area contributed by atoms with Crippen molar-refractivity contribution < 1.29 is 37.3 Å². The van der Waals surface area contributed by atoms with Gasteiger partial charge in [-0.25, -0.2) is 4.57 Å². The molecule has 0 saturated heterocycles. The maximum Gasteiger partial charge on any atom is 0.472 e. The molecular weight excluding hydrogens is 952 g/mol. The highest BCUT2D eigenvalue weighted by atomic mass is 31.2. The van der Waals surface area contributed by atoms with Crippen molar-refractivity contribution in [2.45, 2.75) is 328 Å². The summed E-state index contributed by atoms with van der Waals surface area (Å²) in [6, 6.07) is -0.848. The highest BCUT2D eigenvalue weighted by molar-refractivity contribution is 7.47. The molecule has 0 aliphatic heterocycles. The molecule has 3 unspecified atom stereocenters. The summed E-state index contributed by atoms with van der Waals surface area (Å²) in [7, 11) is 1.50. The van der Waals surface area contributed by atoms with Crippen LogP contribution in [-0.2, 0) is 27.9 Å². The summed E-state index contributed by atoms with van der Waals surface area (Å²) in [5.41, 5.74) is 0. The summed E-state index contributed by atoms with van der Waals surface area (Å²) < 4.78 is 30.7. The lowest BCUT2D eigenvalue weighted by Crippen LogP contribution is -2.47. The normalized spacial score (nSPS) is 13.9. The summed E-state index contributed by atoms with van der Waals surface area (Å²) in [6.07, 6.45) is 67.2. The monoisotopic (exact) mass is 1080 g/mol. The average Bonchev–Trinajstić information content (AvgIpc) is 3.37. The molecule has 0 heterocycles. The van der Waals surface area contributed by atoms with E-state index in [1.165, 1.54) is 199 Å². The number of nitrogens with zero attached hydrogens (tertiary/aromatic N) is 1. The third kappa shape index (κ3) is 56.8. The van der Waals surface area contributed by atoms with Crippen LogP contribution in [0.4, 0.5) is 0 Å². The van der Waals surface area contributed by atoms with Crippen molar-refractivity contribution in [3.8, 4) is 0 Å². The molecule has 442 valence electrons. The van der Waals surface area contributed by atoms with Crippen molar-refractivity contribution in [3.05, 3.63) is 36.5 Å². The van der Waals surface area contributed by atoms with E-state index >= 15 is 0 Å². The van der Waals surface area contributed by atoms with Crippen molar-refractivity contribution in [1.29, 1.82) is 0 Å². The number of allylic oxidation sites excluding steroid dienone is 5. The van der Waals surface area contributed by atoms with Crippen LogP contribution < -0.4 is 5.32 Å². The molecule has 9 nitrogen and oxygen atoms in total. The highest BCUT2D eigenvalue weighted by Crippen LogP contribution is 2.43. The van der Waals surface area contributed by atoms with Gasteiger partial charge in [0.25, 0.3) is 0 Å². The zero-order chi connectivity index (χ0) is 55.0. The minimum absolute atomic E-state index is 0.0407. The number of quaternary nitrogens is 1. The van der Waals surface area contributed by atoms with Crippen molar-refractivity contribution in [1.82, 2.24) is 5.32 Å². The maximum atomic E-state index is 13.5. The van der Waals surface area contributed by atoms with Crippen molar-refractivity contribution in [3.63, 3.8) is 0 Å². The zero-order valence-corrected chi connectivity index (χ0v) is 51.5. The Kier molecular flexibility index (Phi) is 54.2. The SMILES string of the molecule is CC/C=C/C/C=C/CCCCCCCCCC(=O)NC(COP(=O)(O)OCC[N+](C)(C)C)C(/C=C\CCCCCCCCCCCC)OC(=O)CCCCCCCCCCCCCCCCCCCCCCCCC. The lowest BCUT2D eigenvalue weighted by molar-refractivity contribution is -0.870. The number of esters is 1. The minimum Gasteiger partial charge on any atom is -0.456 e. The highest BCUT2D eigenvalue weighted by Gasteiger charge is 2.30. The Morgan fingerprint density at radius 2 is 0.853 bits per heavy atom. The predicted molar refractivity (Wildman–Crippen MR) is 323 cm³/mol. The van der Waals surface area contributed by atoms with E-state index in [1.807, 2.05) is 33.3 Å². The van der Waals surface area contributed by atoms with E-state index in [0.717, 1.165) is 83.5 Å². The Morgan fingerprint density at radius 1 is 0.480 bits per heavy atom. The molecule has 0 aliphatic rings. The number of phosphoric ester groups is 1. The van der Waals surface area contributed by atoms with Crippen LogP contribution in [0.15, 0.2) is 36.5 Å². The van der Waals surface area contributed by atoms with Gasteiger partial charge in [0, 0.05) is 12.8 Å². The van der Waals surface area contributed by atoms with Crippen LogP contribution in [0.1, 0.15) is 316 Å². The van der Waals surface area contributed by atoms with Gasteiger partial charge in [0.2, 0.25) is 5.91 Å². The molecule has 1 amide bonds. The second kappa shape index (κ2) is 55.5. The molecule has 0 fully saturated rings. The molecule has 3 atom stereocenters. The number of phosphoric acid groups is 1. The largest absolute Gasteiger partial charge is 0.472 e. The molecule has 75 heavy (non-hydrogen) atoms. The second-order valence-corrected chi connectivity index (χ2v) is 24.7. The Labute approximate surface area is 466 Å². The Bertz CT molecular complexity index is 1380. The molecular formula is C65H126N2O7P+. The zero-order valence-electron chi connectivity index (χ0n) is 50.6. The third-order valence-electron chi connectivity index (χ3n) is 14.6. The number of amides is 1. The fraction of sp³-hybridized carbons (Fsp3) is 0.877. The molecule has 0 spiro atoms. The third-order valence-corrected chi connectivity index (χ3v) is 15.6. The number of ether oxygens (including phenoxy) is 1. The van der Waals surface area contributed by atoms with Crippen molar-refractivity contribution in [2.75, 3.05) is 40.9 Å². The molecule has 0 aromatic rings. The van der Waals surface area contributed by atoms with Crippen molar-refractivity contribution >= 4 is 19.7 Å². The topological polar surface area (TPSA) is 111 Å². The van der Waals surface area contributed by atoms with E-state index < -0.39 is 20.0 Å². The Hall–Kier alpha value is -1.77. The smallest absolute Gasteiger partial charge is 0.456 e. The van der Waals surface area contributed by atoms with Crippen LogP contribution in [0.25, 0.3) is 0 Å². The number of hydrogen-bond acceptors (Lipinski definition) is 6. The number of likely N-dealkylation sites (N-methyl/N-ethyl adjacent to an activating group) is 1. The molecule has 0 saturated carbocycles. The number of hydrogen-bond donors (Lipinski definition) is 2. The van der Waals surface area contributed by atoms with E-state index in [9.17, 15) is 19.0 Å². The van der Waals surface area contributed by atoms with Gasteiger partial charge in [-0.3, -0.25) is 18.6 Å². The molecule has 0 aromatic heterocycles. The van der Waals surface area contributed by atoms with Crippen LogP contribution in [0.3, 0.4) is 0 Å². The summed E-state index contributed by atoms with van der Waals surface area (Å²) in [6.45, 7) is 6.94. The minimum atomic E-state index is -4.45. The van der Waals surface area contributed by atoms with Gasteiger partial charge in [-0.2, -0.15) is 0 Å². The van der Waals surface area contributed by atoms with Crippen LogP contribution in [0.5, 0.6) is 0 Å². The number of nitrogens with one attached hydrogen (secondary N) is 1. The number of carbonyl (C=O) groups excluding carboxylic acids is 2. The molecule has 0 rings (SSSR count). The second-order valence-electron chi connectivity index (χ2n) is 23.3. The van der Waals surface area contributed by atoms with Crippen LogP contribution in [-0.4, -0.2) is 74.3 Å². The molecule has 0 radical (unpaired) electrons. The molecule has 0 aromatic carbocycles. The number of unbranched alkanes of at least 4 members (excludes halogenated alkanes) is 39. The lowest BCUT2D eigenvalue weighted by atomic mass is 10.0. The summed E-state index contributed by atoms with van der Waals surface area (Å²) in [4.78, 5) is 37.7. The number of carbonyl (C=O) groups is 2. The fourth-order valence-corrected chi connectivity index (χ4v) is 10.4. The molecule has 2 N–H and O–H groups in total. The first-order valence-electron chi connectivity index (χ1n) is 32.3. The summed E-state index contributed by atoms with van der Waals surface area (Å²) in [5, 5.41) is 3.06. The fourth-order valence-electron chi connectivity index (χ4n) is 9.63. The van der Waals surface area contributed by atoms with Crippen LogP contribution in [0.2, 0.25) is 0 Å². The first-order chi connectivity index (χ1) is 36.4. The first-order valence-corrected chi connectivity index (χ1v) is 33.8. The summed E-state index contributed by atoms with van der Waals surface area (Å²) >= 11 is 0. The van der Waals surface area contributed by atoms with Gasteiger partial charge in [-0.05, 0) is 57.4 Å². The van der Waals surface area contributed by atoms with Gasteiger partial charge >= 0.3 is 13.8 Å². The van der Waals surface area contributed by atoms with Gasteiger partial charge in [0.15, 0.2) is 0 Å². The van der Waals surface area contributed by atoms with E-state index in [2.05, 4.69) is 50.4 Å². The number of rotatable bonds is 59. The summed E-state index contributed by atoms with van der Waals surface area (Å²) in [5.74, 6) is -0.500. The quantitative estimate of drug-likeness (QED) is 0.0205. The van der Waals surface area contributed by atoms with Crippen LogP contribution in [0, 0.1) is 0 Å².